The lowest BCUT2D eigenvalue weighted by molar-refractivity contribution is -0.389. The molecule has 9 nitrogen and oxygen atoms in total. The lowest BCUT2D eigenvalue weighted by Crippen LogP contribution is -2.42. The van der Waals surface area contributed by atoms with E-state index in [9.17, 15) is 19.7 Å². The van der Waals surface area contributed by atoms with Gasteiger partial charge in [-0.25, -0.2) is 0 Å². The zero-order valence-corrected chi connectivity index (χ0v) is 11.9. The Bertz CT molecular complexity index is 527. The van der Waals surface area contributed by atoms with Crippen molar-refractivity contribution in [3.8, 4) is 0 Å². The zero-order chi connectivity index (χ0) is 16.0. The molecule has 0 aliphatic heterocycles. The molecule has 0 spiro atoms. The number of aryl methyl sites for hydroxylation is 1. The Kier molecular flexibility index (Phi) is 5.82. The van der Waals surface area contributed by atoms with Crippen molar-refractivity contribution in [2.24, 2.45) is 0 Å². The van der Waals surface area contributed by atoms with Crippen LogP contribution in [0.5, 0.6) is 0 Å². The van der Waals surface area contributed by atoms with E-state index in [2.05, 4.69) is 4.98 Å². The summed E-state index contributed by atoms with van der Waals surface area (Å²) in [5.41, 5.74) is 0. The quantitative estimate of drug-likeness (QED) is 0.562. The number of hydrogen-bond acceptors (Lipinski definition) is 5. The minimum atomic E-state index is -1.07. The number of aliphatic carboxylic acids is 1. The van der Waals surface area contributed by atoms with Crippen molar-refractivity contribution in [3.63, 3.8) is 0 Å². The molecule has 1 amide bonds. The summed E-state index contributed by atoms with van der Waals surface area (Å²) in [4.78, 5) is 37.7. The molecule has 1 N–H and O–H groups in total. The first-order chi connectivity index (χ1) is 9.85. The molecular formula is C12H18N4O5. The number of carboxylic acid groups (broad SMARTS) is 1. The number of amides is 1. The van der Waals surface area contributed by atoms with E-state index in [1.165, 1.54) is 22.0 Å². The summed E-state index contributed by atoms with van der Waals surface area (Å²) in [6.07, 6.45) is 3.22. The zero-order valence-electron chi connectivity index (χ0n) is 11.9. The summed E-state index contributed by atoms with van der Waals surface area (Å²) < 4.78 is 1.44. The molecule has 9 heteroatoms. The van der Waals surface area contributed by atoms with Gasteiger partial charge in [-0.05, 0) is 23.3 Å². The van der Waals surface area contributed by atoms with Gasteiger partial charge in [-0.15, -0.1) is 0 Å². The van der Waals surface area contributed by atoms with Crippen LogP contribution in [0.2, 0.25) is 0 Å². The summed E-state index contributed by atoms with van der Waals surface area (Å²) >= 11 is 0. The van der Waals surface area contributed by atoms with E-state index < -0.39 is 10.9 Å². The third-order valence-corrected chi connectivity index (χ3v) is 3.14. The molecule has 0 fully saturated rings. The predicted octanol–water partition coefficient (Wildman–Crippen LogP) is 0.893. The Morgan fingerprint density at radius 3 is 2.71 bits per heavy atom. The molecule has 0 aromatic carbocycles. The first-order valence-electron chi connectivity index (χ1n) is 6.52. The molecule has 0 saturated heterocycles. The van der Waals surface area contributed by atoms with E-state index in [0.29, 0.717) is 6.42 Å². The van der Waals surface area contributed by atoms with Crippen molar-refractivity contribution in [3.05, 3.63) is 22.6 Å². The maximum Gasteiger partial charge on any atom is 0.381 e. The summed E-state index contributed by atoms with van der Waals surface area (Å²) in [6.45, 7) is 3.51. The number of nitrogens with zero attached hydrogens (tertiary/aromatic N) is 4. The van der Waals surface area contributed by atoms with Gasteiger partial charge in [-0.1, -0.05) is 6.92 Å². The number of nitro groups is 1. The second kappa shape index (κ2) is 7.36. The number of rotatable bonds is 8. The highest BCUT2D eigenvalue weighted by Crippen LogP contribution is 2.09. The molecule has 1 rings (SSSR count). The molecule has 1 unspecified atom stereocenters. The Hall–Kier alpha value is -2.45. The van der Waals surface area contributed by atoms with Crippen LogP contribution in [0.4, 0.5) is 5.82 Å². The largest absolute Gasteiger partial charge is 0.480 e. The lowest BCUT2D eigenvalue weighted by Gasteiger charge is -2.27. The standard InChI is InChI=1S/C12H18N4O5/c1-3-9(2)15(7-12(18)19)11(17)4-5-14-6-10(13-8-14)16(20)21/h6,8-9H,3-5,7H2,1-2H3,(H,18,19). The van der Waals surface area contributed by atoms with Crippen LogP contribution < -0.4 is 0 Å². The van der Waals surface area contributed by atoms with Gasteiger partial charge < -0.3 is 24.7 Å². The van der Waals surface area contributed by atoms with Crippen LogP contribution in [-0.2, 0) is 16.1 Å². The summed E-state index contributed by atoms with van der Waals surface area (Å²) in [7, 11) is 0. The highest BCUT2D eigenvalue weighted by Gasteiger charge is 2.21. The molecule has 1 aromatic rings. The fourth-order valence-corrected chi connectivity index (χ4v) is 1.79. The second-order valence-electron chi connectivity index (χ2n) is 4.65. The maximum absolute atomic E-state index is 12.1. The number of imidazole rings is 1. The van der Waals surface area contributed by atoms with Crippen LogP contribution in [0.1, 0.15) is 26.7 Å². The molecule has 1 atom stereocenters. The minimum Gasteiger partial charge on any atom is -0.480 e. The second-order valence-corrected chi connectivity index (χ2v) is 4.65. The molecule has 116 valence electrons. The number of carbonyl (C=O) groups excluding carboxylic acids is 1. The first kappa shape index (κ1) is 16.6. The SMILES string of the molecule is CCC(C)N(CC(=O)O)C(=O)CCn1cnc([N+](=O)[O-])c1. The maximum atomic E-state index is 12.1. The number of aromatic nitrogens is 2. The Balaban J connectivity index is 2.63. The van der Waals surface area contributed by atoms with Crippen molar-refractivity contribution < 1.29 is 19.6 Å². The van der Waals surface area contributed by atoms with Gasteiger partial charge in [0.15, 0.2) is 0 Å². The molecule has 1 aromatic heterocycles. The van der Waals surface area contributed by atoms with Crippen LogP contribution >= 0.6 is 0 Å². The van der Waals surface area contributed by atoms with Gasteiger partial charge in [0, 0.05) is 19.0 Å². The number of hydrogen-bond donors (Lipinski definition) is 1. The molecule has 21 heavy (non-hydrogen) atoms. The summed E-state index contributed by atoms with van der Waals surface area (Å²) in [5, 5.41) is 19.3. The highest BCUT2D eigenvalue weighted by molar-refractivity contribution is 5.81. The topological polar surface area (TPSA) is 119 Å². The third-order valence-electron chi connectivity index (χ3n) is 3.14. The Labute approximate surface area is 121 Å². The molecular weight excluding hydrogens is 280 g/mol. The van der Waals surface area contributed by atoms with E-state index in [-0.39, 0.29) is 37.3 Å². The van der Waals surface area contributed by atoms with Crippen molar-refractivity contribution in [1.82, 2.24) is 14.5 Å². The van der Waals surface area contributed by atoms with Crippen LogP contribution in [0.25, 0.3) is 0 Å². The lowest BCUT2D eigenvalue weighted by atomic mass is 10.2. The van der Waals surface area contributed by atoms with Crippen LogP contribution in [0.3, 0.4) is 0 Å². The van der Waals surface area contributed by atoms with E-state index in [0.717, 1.165) is 0 Å². The van der Waals surface area contributed by atoms with Crippen molar-refractivity contribution >= 4 is 17.7 Å². The molecule has 0 aliphatic carbocycles. The normalized spacial score (nSPS) is 11.9. The summed E-state index contributed by atoms with van der Waals surface area (Å²) in [6, 6.07) is -0.175. The van der Waals surface area contributed by atoms with Gasteiger partial charge in [0.05, 0.1) is 0 Å². The Morgan fingerprint density at radius 1 is 1.57 bits per heavy atom. The van der Waals surface area contributed by atoms with Crippen molar-refractivity contribution in [1.29, 1.82) is 0 Å². The predicted molar refractivity (Wildman–Crippen MR) is 72.6 cm³/mol. The van der Waals surface area contributed by atoms with E-state index in [4.69, 9.17) is 5.11 Å². The molecule has 0 aliphatic rings. The van der Waals surface area contributed by atoms with E-state index in [1.54, 1.807) is 6.92 Å². The van der Waals surface area contributed by atoms with Gasteiger partial charge in [0.25, 0.3) is 0 Å². The highest BCUT2D eigenvalue weighted by atomic mass is 16.6. The molecule has 1 heterocycles. The van der Waals surface area contributed by atoms with Crippen LogP contribution in [-0.4, -0.2) is 48.9 Å². The number of carbonyl (C=O) groups is 2. The van der Waals surface area contributed by atoms with Crippen LogP contribution in [0, 0.1) is 10.1 Å². The molecule has 0 radical (unpaired) electrons. The fourth-order valence-electron chi connectivity index (χ4n) is 1.79. The van der Waals surface area contributed by atoms with Crippen molar-refractivity contribution in [2.75, 3.05) is 6.54 Å². The fraction of sp³-hybridized carbons (Fsp3) is 0.583. The minimum absolute atomic E-state index is 0.0606. The molecule has 0 saturated carbocycles. The molecule has 0 bridgehead atoms. The smallest absolute Gasteiger partial charge is 0.381 e. The Morgan fingerprint density at radius 2 is 2.24 bits per heavy atom. The third kappa shape index (κ3) is 4.86. The van der Waals surface area contributed by atoms with Gasteiger partial charge in [-0.2, -0.15) is 0 Å². The van der Waals surface area contributed by atoms with Gasteiger partial charge >= 0.3 is 11.8 Å². The van der Waals surface area contributed by atoms with Gasteiger partial charge in [-0.3, -0.25) is 9.59 Å². The van der Waals surface area contributed by atoms with E-state index >= 15 is 0 Å². The van der Waals surface area contributed by atoms with Crippen molar-refractivity contribution in [2.45, 2.75) is 39.3 Å². The average Bonchev–Trinajstić information content (AvgIpc) is 2.90. The number of carboxylic acids is 1. The van der Waals surface area contributed by atoms with Crippen LogP contribution in [0.15, 0.2) is 12.5 Å². The summed E-state index contributed by atoms with van der Waals surface area (Å²) in [5.74, 6) is -1.66. The van der Waals surface area contributed by atoms with E-state index in [1.807, 2.05) is 6.92 Å². The average molecular weight is 298 g/mol. The monoisotopic (exact) mass is 298 g/mol. The van der Waals surface area contributed by atoms with Gasteiger partial charge in [0.1, 0.15) is 12.7 Å². The van der Waals surface area contributed by atoms with Gasteiger partial charge in [0.2, 0.25) is 12.2 Å². The first-order valence-corrected chi connectivity index (χ1v) is 6.52.